The van der Waals surface area contributed by atoms with Gasteiger partial charge >= 0.3 is 5.97 Å². The molecule has 0 fully saturated rings. The molecule has 0 rings (SSSR count). The van der Waals surface area contributed by atoms with Gasteiger partial charge in [-0.1, -0.05) is 116 Å². The molecule has 0 aromatic carbocycles. The van der Waals surface area contributed by atoms with Gasteiger partial charge in [0.15, 0.2) is 5.78 Å². The van der Waals surface area contributed by atoms with E-state index in [-0.39, 0.29) is 5.78 Å². The fourth-order valence-electron chi connectivity index (χ4n) is 3.78. The molecule has 1 N–H and O–H groups in total. The van der Waals surface area contributed by atoms with Crippen LogP contribution < -0.4 is 0 Å². The van der Waals surface area contributed by atoms with Crippen molar-refractivity contribution in [2.75, 3.05) is 0 Å². The van der Waals surface area contributed by atoms with Crippen molar-refractivity contribution in [2.45, 2.75) is 142 Å². The second kappa shape index (κ2) is 21.6. The predicted molar refractivity (Wildman–Crippen MR) is 124 cm³/mol. The molecule has 3 heteroatoms. The number of carboxylic acids is 1. The van der Waals surface area contributed by atoms with Gasteiger partial charge < -0.3 is 5.11 Å². The summed E-state index contributed by atoms with van der Waals surface area (Å²) in [6.45, 7) is 5.50. The normalized spacial score (nSPS) is 10.9. The van der Waals surface area contributed by atoms with Crippen LogP contribution in [0.5, 0.6) is 0 Å². The first-order valence-electron chi connectivity index (χ1n) is 12.4. The predicted octanol–water partition coefficient (Wildman–Crippen LogP) is 8.41. The molecule has 0 aromatic heterocycles. The number of rotatable bonds is 23. The third-order valence-electron chi connectivity index (χ3n) is 5.77. The molecule has 0 heterocycles. The van der Waals surface area contributed by atoms with E-state index in [1.807, 2.05) is 0 Å². The molecule has 170 valence electrons. The summed E-state index contributed by atoms with van der Waals surface area (Å²) in [6, 6.07) is 0. The second-order valence-corrected chi connectivity index (χ2v) is 8.81. The molecule has 0 atom stereocenters. The lowest BCUT2D eigenvalue weighted by molar-refractivity contribution is -0.137. The molecular weight excluding hydrogens is 360 g/mol. The van der Waals surface area contributed by atoms with Crippen molar-refractivity contribution in [3.8, 4) is 0 Å². The van der Waals surface area contributed by atoms with Gasteiger partial charge in [-0.25, -0.2) is 0 Å². The second-order valence-electron chi connectivity index (χ2n) is 8.81. The summed E-state index contributed by atoms with van der Waals surface area (Å²) in [5.41, 5.74) is 0.701. The van der Waals surface area contributed by atoms with Crippen molar-refractivity contribution in [2.24, 2.45) is 0 Å². The van der Waals surface area contributed by atoms with Gasteiger partial charge in [0.2, 0.25) is 0 Å². The molecule has 0 unspecified atom stereocenters. The number of aliphatic carboxylic acids is 1. The highest BCUT2D eigenvalue weighted by molar-refractivity contribution is 5.93. The maximum absolute atomic E-state index is 11.4. The summed E-state index contributed by atoms with van der Waals surface area (Å²) in [6.07, 6.45) is 25.3. The first-order valence-corrected chi connectivity index (χ1v) is 12.4. The zero-order valence-corrected chi connectivity index (χ0v) is 19.3. The average molecular weight is 409 g/mol. The highest BCUT2D eigenvalue weighted by atomic mass is 16.4. The molecule has 3 nitrogen and oxygen atoms in total. The van der Waals surface area contributed by atoms with Gasteiger partial charge in [0.05, 0.1) is 0 Å². The maximum atomic E-state index is 11.4. The SMILES string of the molecule is C=C(C)C(=O)CCCCCCCCCCCCCCCCCCCCCC(=O)O. The van der Waals surface area contributed by atoms with E-state index in [4.69, 9.17) is 5.11 Å². The highest BCUT2D eigenvalue weighted by Gasteiger charge is 2.01. The van der Waals surface area contributed by atoms with Crippen LogP contribution in [0.25, 0.3) is 0 Å². The minimum absolute atomic E-state index is 0.231. The number of hydrogen-bond acceptors (Lipinski definition) is 2. The number of carbonyl (C=O) groups excluding carboxylic acids is 1. The molecular formula is C26H48O3. The molecule has 0 aliphatic rings. The molecule has 0 saturated heterocycles. The lowest BCUT2D eigenvalue weighted by Crippen LogP contribution is -1.97. The van der Waals surface area contributed by atoms with Crippen molar-refractivity contribution >= 4 is 11.8 Å². The molecule has 0 aliphatic carbocycles. The van der Waals surface area contributed by atoms with Crippen molar-refractivity contribution in [3.05, 3.63) is 12.2 Å². The van der Waals surface area contributed by atoms with Crippen LogP contribution in [-0.4, -0.2) is 16.9 Å². The molecule has 0 aliphatic heterocycles. The molecule has 0 bridgehead atoms. The number of hydrogen-bond donors (Lipinski definition) is 1. The van der Waals surface area contributed by atoms with Gasteiger partial charge in [-0.15, -0.1) is 0 Å². The Labute approximate surface area is 180 Å². The number of allylic oxidation sites excluding steroid dienone is 1. The number of Topliss-reactive ketones (excluding diaryl/α,β-unsaturated/α-hetero) is 1. The van der Waals surface area contributed by atoms with E-state index in [2.05, 4.69) is 6.58 Å². The van der Waals surface area contributed by atoms with Gasteiger partial charge in [0.1, 0.15) is 0 Å². The van der Waals surface area contributed by atoms with Gasteiger partial charge in [-0.3, -0.25) is 9.59 Å². The number of unbranched alkanes of at least 4 members (excludes halogenated alkanes) is 18. The van der Waals surface area contributed by atoms with E-state index in [9.17, 15) is 9.59 Å². The van der Waals surface area contributed by atoms with Crippen LogP contribution >= 0.6 is 0 Å². The summed E-state index contributed by atoms with van der Waals surface area (Å²) in [5.74, 6) is -0.430. The van der Waals surface area contributed by atoms with E-state index >= 15 is 0 Å². The van der Waals surface area contributed by atoms with Gasteiger partial charge in [-0.2, -0.15) is 0 Å². The van der Waals surface area contributed by atoms with Crippen LogP contribution in [0.2, 0.25) is 0 Å². The highest BCUT2D eigenvalue weighted by Crippen LogP contribution is 2.15. The third kappa shape index (κ3) is 23.0. The van der Waals surface area contributed by atoms with Crippen LogP contribution in [-0.2, 0) is 9.59 Å². The number of carboxylic acid groups (broad SMARTS) is 1. The standard InChI is InChI=1S/C26H48O3/c1-24(2)25(27)22-20-18-16-14-12-10-8-6-4-3-5-7-9-11-13-15-17-19-21-23-26(28)29/h1,3-23H2,2H3,(H,28,29). The summed E-state index contributed by atoms with van der Waals surface area (Å²) in [5, 5.41) is 8.58. The van der Waals surface area contributed by atoms with E-state index < -0.39 is 5.97 Å². The molecule has 0 radical (unpaired) electrons. The largest absolute Gasteiger partial charge is 0.481 e. The van der Waals surface area contributed by atoms with Crippen LogP contribution in [0, 0.1) is 0 Å². The Morgan fingerprint density at radius 1 is 0.517 bits per heavy atom. The minimum Gasteiger partial charge on any atom is -0.481 e. The number of carbonyl (C=O) groups is 2. The third-order valence-corrected chi connectivity index (χ3v) is 5.77. The van der Waals surface area contributed by atoms with Gasteiger partial charge in [0.25, 0.3) is 0 Å². The smallest absolute Gasteiger partial charge is 0.303 e. The lowest BCUT2D eigenvalue weighted by Gasteiger charge is -2.04. The monoisotopic (exact) mass is 408 g/mol. The summed E-state index contributed by atoms with van der Waals surface area (Å²) < 4.78 is 0. The van der Waals surface area contributed by atoms with Crippen LogP contribution in [0.15, 0.2) is 12.2 Å². The zero-order chi connectivity index (χ0) is 21.6. The summed E-state index contributed by atoms with van der Waals surface area (Å²) in [7, 11) is 0. The Balaban J connectivity index is 3.07. The fraction of sp³-hybridized carbons (Fsp3) is 0.846. The van der Waals surface area contributed by atoms with E-state index in [1.54, 1.807) is 6.92 Å². The van der Waals surface area contributed by atoms with Crippen LogP contribution in [0.1, 0.15) is 142 Å². The van der Waals surface area contributed by atoms with Crippen molar-refractivity contribution in [1.29, 1.82) is 0 Å². The van der Waals surface area contributed by atoms with E-state index in [1.165, 1.54) is 103 Å². The topological polar surface area (TPSA) is 54.4 Å². The molecule has 0 saturated carbocycles. The van der Waals surface area contributed by atoms with Crippen LogP contribution in [0.4, 0.5) is 0 Å². The summed E-state index contributed by atoms with van der Waals surface area (Å²) >= 11 is 0. The first-order chi connectivity index (χ1) is 14.0. The molecule has 0 spiro atoms. The van der Waals surface area contributed by atoms with Crippen LogP contribution in [0.3, 0.4) is 0 Å². The van der Waals surface area contributed by atoms with E-state index in [0.717, 1.165) is 19.3 Å². The van der Waals surface area contributed by atoms with Crippen molar-refractivity contribution in [1.82, 2.24) is 0 Å². The van der Waals surface area contributed by atoms with E-state index in [0.29, 0.717) is 18.4 Å². The van der Waals surface area contributed by atoms with Crippen molar-refractivity contribution < 1.29 is 14.7 Å². The summed E-state index contributed by atoms with van der Waals surface area (Å²) in [4.78, 5) is 21.9. The Morgan fingerprint density at radius 2 is 0.759 bits per heavy atom. The van der Waals surface area contributed by atoms with Gasteiger partial charge in [-0.05, 0) is 25.3 Å². The average Bonchev–Trinajstić information content (AvgIpc) is 2.68. The first kappa shape index (κ1) is 27.9. The Morgan fingerprint density at radius 3 is 1.00 bits per heavy atom. The molecule has 0 aromatic rings. The molecule has 0 amide bonds. The molecule has 29 heavy (non-hydrogen) atoms. The van der Waals surface area contributed by atoms with Gasteiger partial charge in [0, 0.05) is 12.8 Å². The minimum atomic E-state index is -0.662. The fourth-order valence-corrected chi connectivity index (χ4v) is 3.78. The maximum Gasteiger partial charge on any atom is 0.303 e. The Kier molecular flexibility index (Phi) is 20.8. The Bertz CT molecular complexity index is 414. The lowest BCUT2D eigenvalue weighted by atomic mass is 10.0. The number of ketones is 1. The quantitative estimate of drug-likeness (QED) is 0.136. The zero-order valence-electron chi connectivity index (χ0n) is 19.3. The van der Waals surface area contributed by atoms with Crippen molar-refractivity contribution in [3.63, 3.8) is 0 Å². The Hall–Kier alpha value is -1.12.